The quantitative estimate of drug-likeness (QED) is 0.460. The number of pyridine rings is 1. The molecule has 0 radical (unpaired) electrons. The van der Waals surface area contributed by atoms with Gasteiger partial charge in [0.1, 0.15) is 0 Å². The SMILES string of the molecule is CCc1ccccc1NC(=O)CCN1C(=S)N[C@@H](c2ccccn2)[C@H]1c1ccn(C(C)(C)C)c1. The predicted octanol–water partition coefficient (Wildman–Crippen LogP) is 5.20. The number of thiocarbonyl (C=S) groups is 1. The van der Waals surface area contributed by atoms with Crippen molar-refractivity contribution in [2.75, 3.05) is 11.9 Å². The first-order chi connectivity index (χ1) is 16.3. The lowest BCUT2D eigenvalue weighted by atomic mass is 9.99. The van der Waals surface area contributed by atoms with Crippen LogP contribution in [0.15, 0.2) is 67.1 Å². The number of carbonyl (C=O) groups excluding carboxylic acids is 1. The van der Waals surface area contributed by atoms with Gasteiger partial charge in [-0.1, -0.05) is 31.2 Å². The summed E-state index contributed by atoms with van der Waals surface area (Å²) in [6, 6.07) is 15.9. The summed E-state index contributed by atoms with van der Waals surface area (Å²) in [5, 5.41) is 7.18. The molecule has 4 rings (SSSR count). The van der Waals surface area contributed by atoms with E-state index < -0.39 is 0 Å². The maximum Gasteiger partial charge on any atom is 0.226 e. The molecule has 0 aliphatic carbocycles. The summed E-state index contributed by atoms with van der Waals surface area (Å²) in [7, 11) is 0. The highest BCUT2D eigenvalue weighted by molar-refractivity contribution is 7.80. The Morgan fingerprint density at radius 1 is 1.15 bits per heavy atom. The van der Waals surface area contributed by atoms with Crippen molar-refractivity contribution in [3.05, 3.63) is 83.9 Å². The highest BCUT2D eigenvalue weighted by atomic mass is 32.1. The van der Waals surface area contributed by atoms with Crippen molar-refractivity contribution in [1.82, 2.24) is 19.8 Å². The second kappa shape index (κ2) is 9.97. The van der Waals surface area contributed by atoms with Crippen molar-refractivity contribution in [1.29, 1.82) is 0 Å². The first kappa shape index (κ1) is 24.0. The van der Waals surface area contributed by atoms with Crippen LogP contribution in [0.1, 0.15) is 63.0 Å². The van der Waals surface area contributed by atoms with Gasteiger partial charge in [0.25, 0.3) is 0 Å². The van der Waals surface area contributed by atoms with Gasteiger partial charge in [0, 0.05) is 42.8 Å². The predicted molar refractivity (Wildman–Crippen MR) is 141 cm³/mol. The van der Waals surface area contributed by atoms with Crippen LogP contribution >= 0.6 is 12.2 Å². The molecule has 0 bridgehead atoms. The topological polar surface area (TPSA) is 62.2 Å². The maximum atomic E-state index is 12.9. The molecule has 2 N–H and O–H groups in total. The van der Waals surface area contributed by atoms with Crippen LogP contribution in [0.3, 0.4) is 0 Å². The normalized spacial score (nSPS) is 18.1. The first-order valence-corrected chi connectivity index (χ1v) is 12.2. The van der Waals surface area contributed by atoms with Crippen molar-refractivity contribution in [3.63, 3.8) is 0 Å². The molecule has 0 saturated carbocycles. The number of rotatable bonds is 7. The molecule has 1 amide bonds. The van der Waals surface area contributed by atoms with Gasteiger partial charge in [0.2, 0.25) is 5.91 Å². The number of nitrogens with zero attached hydrogens (tertiary/aromatic N) is 3. The van der Waals surface area contributed by atoms with Crippen LogP contribution < -0.4 is 10.6 Å². The Kier molecular flexibility index (Phi) is 7.03. The Morgan fingerprint density at radius 3 is 2.59 bits per heavy atom. The monoisotopic (exact) mass is 475 g/mol. The van der Waals surface area contributed by atoms with Gasteiger partial charge in [-0.05, 0) is 74.8 Å². The molecule has 2 aromatic heterocycles. The van der Waals surface area contributed by atoms with Gasteiger partial charge >= 0.3 is 0 Å². The van der Waals surface area contributed by atoms with Gasteiger partial charge in [0.05, 0.1) is 17.8 Å². The first-order valence-electron chi connectivity index (χ1n) is 11.8. The van der Waals surface area contributed by atoms with Crippen molar-refractivity contribution >= 4 is 28.9 Å². The molecule has 178 valence electrons. The Hall–Kier alpha value is -3.19. The summed E-state index contributed by atoms with van der Waals surface area (Å²) in [5.74, 6) is -0.0176. The van der Waals surface area contributed by atoms with E-state index in [0.29, 0.717) is 18.1 Å². The average molecular weight is 476 g/mol. The third kappa shape index (κ3) is 5.14. The second-order valence-electron chi connectivity index (χ2n) is 9.65. The zero-order chi connectivity index (χ0) is 24.3. The summed E-state index contributed by atoms with van der Waals surface area (Å²) in [6.07, 6.45) is 7.30. The molecule has 1 aliphatic rings. The third-order valence-corrected chi connectivity index (χ3v) is 6.63. The summed E-state index contributed by atoms with van der Waals surface area (Å²) in [6.45, 7) is 9.15. The van der Waals surface area contributed by atoms with Crippen LogP contribution in [0, 0.1) is 0 Å². The molecule has 6 nitrogen and oxygen atoms in total. The van der Waals surface area contributed by atoms with Crippen molar-refractivity contribution in [2.24, 2.45) is 0 Å². The molecular formula is C27H33N5OS. The number of amides is 1. The molecule has 1 saturated heterocycles. The lowest BCUT2D eigenvalue weighted by molar-refractivity contribution is -0.116. The molecule has 34 heavy (non-hydrogen) atoms. The second-order valence-corrected chi connectivity index (χ2v) is 10.0. The fraction of sp³-hybridized carbons (Fsp3) is 0.370. The number of hydrogen-bond acceptors (Lipinski definition) is 3. The molecule has 1 fully saturated rings. The number of hydrogen-bond donors (Lipinski definition) is 2. The van der Waals surface area contributed by atoms with Crippen LogP contribution in [0.2, 0.25) is 0 Å². The van der Waals surface area contributed by atoms with Crippen LogP contribution in [-0.2, 0) is 16.8 Å². The standard InChI is InChI=1S/C27H33N5OS/c1-5-19-10-6-7-11-21(19)29-23(33)14-17-32-25(20-13-16-31(18-20)27(2,3)4)24(30-26(32)34)22-12-8-9-15-28-22/h6-13,15-16,18,24-25H,5,14,17H2,1-4H3,(H,29,33)(H,30,34)/t24-,25+/m0/s1. The Morgan fingerprint density at radius 2 is 1.91 bits per heavy atom. The Labute approximate surface area is 207 Å². The van der Waals surface area contributed by atoms with E-state index in [1.165, 1.54) is 0 Å². The Bertz CT molecular complexity index is 1150. The number of carbonyl (C=O) groups is 1. The van der Waals surface area contributed by atoms with Gasteiger partial charge in [-0.2, -0.15) is 0 Å². The molecule has 1 aromatic carbocycles. The molecule has 1 aliphatic heterocycles. The molecule has 0 unspecified atom stereocenters. The highest BCUT2D eigenvalue weighted by Gasteiger charge is 2.40. The van der Waals surface area contributed by atoms with E-state index in [9.17, 15) is 4.79 Å². The minimum absolute atomic E-state index is 0.0176. The molecule has 7 heteroatoms. The average Bonchev–Trinajstić information content (AvgIpc) is 3.43. The van der Waals surface area contributed by atoms with Gasteiger partial charge in [0.15, 0.2) is 5.11 Å². The minimum Gasteiger partial charge on any atom is -0.352 e. The summed E-state index contributed by atoms with van der Waals surface area (Å²) in [4.78, 5) is 19.6. The van der Waals surface area contributed by atoms with Gasteiger partial charge in [-0.3, -0.25) is 9.78 Å². The minimum atomic E-state index is -0.0894. The number of nitrogens with one attached hydrogen (secondary N) is 2. The van der Waals surface area contributed by atoms with Crippen LogP contribution in [0.5, 0.6) is 0 Å². The number of para-hydroxylation sites is 1. The van der Waals surface area contributed by atoms with Crippen molar-refractivity contribution < 1.29 is 4.79 Å². The van der Waals surface area contributed by atoms with E-state index in [4.69, 9.17) is 12.2 Å². The van der Waals surface area contributed by atoms with E-state index in [2.05, 4.69) is 71.2 Å². The van der Waals surface area contributed by atoms with E-state index in [1.54, 1.807) is 6.20 Å². The largest absolute Gasteiger partial charge is 0.352 e. The summed E-state index contributed by atoms with van der Waals surface area (Å²) in [5.41, 5.74) is 4.06. The van der Waals surface area contributed by atoms with Crippen LogP contribution in [-0.4, -0.2) is 32.0 Å². The number of benzene rings is 1. The zero-order valence-corrected chi connectivity index (χ0v) is 21.1. The highest BCUT2D eigenvalue weighted by Crippen LogP contribution is 2.39. The number of aromatic nitrogens is 2. The van der Waals surface area contributed by atoms with Gasteiger partial charge in [-0.15, -0.1) is 0 Å². The molecule has 3 heterocycles. The maximum absolute atomic E-state index is 12.9. The summed E-state index contributed by atoms with van der Waals surface area (Å²) < 4.78 is 2.21. The van der Waals surface area contributed by atoms with E-state index in [1.807, 2.05) is 42.5 Å². The van der Waals surface area contributed by atoms with Crippen molar-refractivity contribution in [2.45, 2.75) is 58.2 Å². The Balaban J connectivity index is 1.56. The number of aryl methyl sites for hydroxylation is 1. The van der Waals surface area contributed by atoms with E-state index >= 15 is 0 Å². The van der Waals surface area contributed by atoms with Gasteiger partial charge < -0.3 is 20.1 Å². The molecular weight excluding hydrogens is 442 g/mol. The molecule has 0 spiro atoms. The van der Waals surface area contributed by atoms with E-state index in [0.717, 1.165) is 28.9 Å². The number of anilines is 1. The van der Waals surface area contributed by atoms with Crippen LogP contribution in [0.4, 0.5) is 5.69 Å². The lowest BCUT2D eigenvalue weighted by Crippen LogP contribution is -2.32. The fourth-order valence-corrected chi connectivity index (χ4v) is 4.73. The molecule has 3 aromatic rings. The van der Waals surface area contributed by atoms with Gasteiger partial charge in [-0.25, -0.2) is 0 Å². The zero-order valence-electron chi connectivity index (χ0n) is 20.3. The smallest absolute Gasteiger partial charge is 0.226 e. The van der Waals surface area contributed by atoms with Crippen molar-refractivity contribution in [3.8, 4) is 0 Å². The summed E-state index contributed by atoms with van der Waals surface area (Å²) >= 11 is 5.74. The fourth-order valence-electron chi connectivity index (χ4n) is 4.40. The third-order valence-electron chi connectivity index (χ3n) is 6.28. The van der Waals surface area contributed by atoms with E-state index in [-0.39, 0.29) is 23.5 Å². The lowest BCUT2D eigenvalue weighted by Gasteiger charge is -2.27. The van der Waals surface area contributed by atoms with Crippen LogP contribution in [0.25, 0.3) is 0 Å². The molecule has 2 atom stereocenters.